The summed E-state index contributed by atoms with van der Waals surface area (Å²) in [5, 5.41) is 2.93. The maximum absolute atomic E-state index is 13.0. The van der Waals surface area contributed by atoms with Gasteiger partial charge in [0.15, 0.2) is 0 Å². The van der Waals surface area contributed by atoms with Gasteiger partial charge in [0.25, 0.3) is 0 Å². The lowest BCUT2D eigenvalue weighted by Crippen LogP contribution is -2.45. The van der Waals surface area contributed by atoms with E-state index in [1.165, 1.54) is 16.4 Å². The summed E-state index contributed by atoms with van der Waals surface area (Å²) >= 11 is 0. The highest BCUT2D eigenvalue weighted by atomic mass is 32.2. The molecule has 8 heteroatoms. The van der Waals surface area contributed by atoms with E-state index in [-0.39, 0.29) is 29.1 Å². The second-order valence-corrected chi connectivity index (χ2v) is 10.7. The molecular weight excluding hydrogens is 467 g/mol. The van der Waals surface area contributed by atoms with Crippen molar-refractivity contribution >= 4 is 15.9 Å². The molecule has 1 amide bonds. The van der Waals surface area contributed by atoms with Gasteiger partial charge in [0, 0.05) is 19.6 Å². The molecule has 184 valence electrons. The summed E-state index contributed by atoms with van der Waals surface area (Å²) in [4.78, 5) is 13.0. The van der Waals surface area contributed by atoms with Gasteiger partial charge in [-0.05, 0) is 67.3 Å². The summed E-state index contributed by atoms with van der Waals surface area (Å²) < 4.78 is 46.1. The number of benzene rings is 3. The summed E-state index contributed by atoms with van der Waals surface area (Å²) in [6.45, 7) is 3.18. The third-order valence-electron chi connectivity index (χ3n) is 6.12. The minimum Gasteiger partial charge on any atom is -0.489 e. The van der Waals surface area contributed by atoms with Crippen LogP contribution in [0.2, 0.25) is 0 Å². The number of ether oxygens (including phenoxy) is 1. The number of halogens is 1. The van der Waals surface area contributed by atoms with E-state index in [9.17, 15) is 17.6 Å². The summed E-state index contributed by atoms with van der Waals surface area (Å²) in [7, 11) is -3.62. The first kappa shape index (κ1) is 24.9. The Labute approximate surface area is 205 Å². The third-order valence-corrected chi connectivity index (χ3v) is 8.00. The second-order valence-electron chi connectivity index (χ2n) is 8.79. The van der Waals surface area contributed by atoms with Gasteiger partial charge in [-0.25, -0.2) is 12.8 Å². The van der Waals surface area contributed by atoms with Crippen LogP contribution in [0.15, 0.2) is 77.7 Å². The van der Waals surface area contributed by atoms with E-state index in [4.69, 9.17) is 4.74 Å². The fraction of sp³-hybridized carbons (Fsp3) is 0.296. The lowest BCUT2D eigenvalue weighted by atomic mass is 9.99. The molecule has 0 unspecified atom stereocenters. The van der Waals surface area contributed by atoms with Crippen molar-refractivity contribution in [3.8, 4) is 5.75 Å². The third kappa shape index (κ3) is 6.46. The highest BCUT2D eigenvalue weighted by molar-refractivity contribution is 7.89. The predicted octanol–water partition coefficient (Wildman–Crippen LogP) is 4.43. The molecule has 0 bridgehead atoms. The molecule has 0 saturated carbocycles. The van der Waals surface area contributed by atoms with Crippen molar-refractivity contribution in [2.45, 2.75) is 37.8 Å². The molecule has 1 fully saturated rings. The van der Waals surface area contributed by atoms with Gasteiger partial charge in [0.2, 0.25) is 15.9 Å². The van der Waals surface area contributed by atoms with E-state index in [0.717, 1.165) is 16.7 Å². The Morgan fingerprint density at radius 1 is 1.00 bits per heavy atom. The smallest absolute Gasteiger partial charge is 0.243 e. The lowest BCUT2D eigenvalue weighted by molar-refractivity contribution is -0.126. The maximum Gasteiger partial charge on any atom is 0.243 e. The Bertz CT molecular complexity index is 1240. The zero-order chi connectivity index (χ0) is 24.8. The monoisotopic (exact) mass is 496 g/mol. The highest BCUT2D eigenvalue weighted by Gasteiger charge is 2.33. The van der Waals surface area contributed by atoms with Gasteiger partial charge >= 0.3 is 0 Å². The highest BCUT2D eigenvalue weighted by Crippen LogP contribution is 2.24. The molecule has 1 aliphatic heterocycles. The van der Waals surface area contributed by atoms with E-state index < -0.39 is 10.0 Å². The SMILES string of the molecule is Cc1ccc(S(=O)(=O)N2CCC[C@@H](C(=O)NCc3ccc(OCc4ccc(F)cc4)cc3)C2)cc1. The van der Waals surface area contributed by atoms with Gasteiger partial charge < -0.3 is 10.1 Å². The Hall–Kier alpha value is -3.23. The number of hydrogen-bond donors (Lipinski definition) is 1. The first-order valence-corrected chi connectivity index (χ1v) is 13.1. The quantitative estimate of drug-likeness (QED) is 0.501. The number of hydrogen-bond acceptors (Lipinski definition) is 4. The van der Waals surface area contributed by atoms with Crippen molar-refractivity contribution in [1.29, 1.82) is 0 Å². The average molecular weight is 497 g/mol. The number of nitrogens with zero attached hydrogens (tertiary/aromatic N) is 1. The number of carbonyl (C=O) groups excluding carboxylic acids is 1. The molecule has 1 atom stereocenters. The molecule has 3 aromatic rings. The molecule has 0 aliphatic carbocycles. The van der Waals surface area contributed by atoms with Gasteiger partial charge in [0.1, 0.15) is 18.2 Å². The molecule has 35 heavy (non-hydrogen) atoms. The number of nitrogens with one attached hydrogen (secondary N) is 1. The Kier molecular flexibility index (Phi) is 7.83. The average Bonchev–Trinajstić information content (AvgIpc) is 2.88. The molecule has 1 saturated heterocycles. The molecular formula is C27H29FN2O4S. The van der Waals surface area contributed by atoms with Crippen LogP contribution in [-0.4, -0.2) is 31.7 Å². The topological polar surface area (TPSA) is 75.7 Å². The van der Waals surface area contributed by atoms with Crippen molar-refractivity contribution in [1.82, 2.24) is 9.62 Å². The van der Waals surface area contributed by atoms with Crippen LogP contribution in [0, 0.1) is 18.7 Å². The normalized spacial score (nSPS) is 16.6. The molecule has 1 heterocycles. The van der Waals surface area contributed by atoms with Crippen LogP contribution >= 0.6 is 0 Å². The number of piperidine rings is 1. The second kappa shape index (κ2) is 11.0. The van der Waals surface area contributed by atoms with Crippen LogP contribution in [-0.2, 0) is 28.0 Å². The Morgan fingerprint density at radius 3 is 2.34 bits per heavy atom. The molecule has 0 aromatic heterocycles. The van der Waals surface area contributed by atoms with Crippen molar-refractivity contribution < 1.29 is 22.3 Å². The summed E-state index contributed by atoms with van der Waals surface area (Å²) in [5.41, 5.74) is 2.77. The summed E-state index contributed by atoms with van der Waals surface area (Å²) in [6.07, 6.45) is 1.30. The van der Waals surface area contributed by atoms with Gasteiger partial charge in [-0.1, -0.05) is 42.0 Å². The zero-order valence-electron chi connectivity index (χ0n) is 19.6. The first-order chi connectivity index (χ1) is 16.8. The first-order valence-electron chi connectivity index (χ1n) is 11.6. The van der Waals surface area contributed by atoms with Crippen molar-refractivity contribution in [2.24, 2.45) is 5.92 Å². The van der Waals surface area contributed by atoms with Gasteiger partial charge in [-0.15, -0.1) is 0 Å². The fourth-order valence-corrected chi connectivity index (χ4v) is 5.54. The number of aryl methyl sites for hydroxylation is 1. The van der Waals surface area contributed by atoms with E-state index >= 15 is 0 Å². The van der Waals surface area contributed by atoms with E-state index in [1.807, 2.05) is 31.2 Å². The standard InChI is InChI=1S/C27H29FN2O4S/c1-20-4-14-26(15-5-20)35(32,33)30-16-2-3-23(18-30)27(31)29-17-21-8-12-25(13-9-21)34-19-22-6-10-24(28)11-7-22/h4-15,23H,2-3,16-19H2,1H3,(H,29,31)/t23-/m1/s1. The fourth-order valence-electron chi connectivity index (χ4n) is 4.02. The van der Waals surface area contributed by atoms with Crippen LogP contribution in [0.5, 0.6) is 5.75 Å². The zero-order valence-corrected chi connectivity index (χ0v) is 20.4. The van der Waals surface area contributed by atoms with E-state index in [0.29, 0.717) is 38.3 Å². The van der Waals surface area contributed by atoms with Crippen LogP contribution < -0.4 is 10.1 Å². The molecule has 6 nitrogen and oxygen atoms in total. The number of sulfonamides is 1. The lowest BCUT2D eigenvalue weighted by Gasteiger charge is -2.31. The molecule has 1 aliphatic rings. The summed E-state index contributed by atoms with van der Waals surface area (Å²) in [6, 6.07) is 20.3. The van der Waals surface area contributed by atoms with Crippen molar-refractivity contribution in [3.05, 3.63) is 95.3 Å². The van der Waals surface area contributed by atoms with E-state index in [2.05, 4.69) is 5.32 Å². The van der Waals surface area contributed by atoms with Gasteiger partial charge in [0.05, 0.1) is 10.8 Å². The van der Waals surface area contributed by atoms with Gasteiger partial charge in [-0.2, -0.15) is 4.31 Å². The number of rotatable bonds is 8. The minimum absolute atomic E-state index is 0.148. The van der Waals surface area contributed by atoms with Crippen LogP contribution in [0.4, 0.5) is 4.39 Å². The Morgan fingerprint density at radius 2 is 1.66 bits per heavy atom. The molecule has 4 rings (SSSR count). The van der Waals surface area contributed by atoms with Crippen molar-refractivity contribution in [3.63, 3.8) is 0 Å². The van der Waals surface area contributed by atoms with Crippen LogP contribution in [0.3, 0.4) is 0 Å². The Balaban J connectivity index is 1.28. The van der Waals surface area contributed by atoms with Crippen LogP contribution in [0.1, 0.15) is 29.5 Å². The summed E-state index contributed by atoms with van der Waals surface area (Å²) in [5.74, 6) is -0.143. The molecule has 0 radical (unpaired) electrons. The van der Waals surface area contributed by atoms with Crippen molar-refractivity contribution in [2.75, 3.05) is 13.1 Å². The molecule has 0 spiro atoms. The van der Waals surface area contributed by atoms with Crippen LogP contribution in [0.25, 0.3) is 0 Å². The van der Waals surface area contributed by atoms with Gasteiger partial charge in [-0.3, -0.25) is 4.79 Å². The number of amides is 1. The molecule has 1 N–H and O–H groups in total. The minimum atomic E-state index is -3.62. The van der Waals surface area contributed by atoms with E-state index in [1.54, 1.807) is 36.4 Å². The largest absolute Gasteiger partial charge is 0.489 e. The predicted molar refractivity (Wildman–Crippen MR) is 132 cm³/mol. The molecule has 3 aromatic carbocycles. The number of carbonyl (C=O) groups is 1. The maximum atomic E-state index is 13.0.